The molecule has 0 radical (unpaired) electrons. The van der Waals surface area contributed by atoms with E-state index >= 15 is 0 Å². The Balaban J connectivity index is 2.77. The molecule has 0 N–H and O–H groups in total. The van der Waals surface area contributed by atoms with E-state index in [1.54, 1.807) is 11.3 Å². The summed E-state index contributed by atoms with van der Waals surface area (Å²) in [6, 6.07) is 0. The number of hydrogen-bond donors (Lipinski definition) is 0. The molecule has 0 aromatic carbocycles. The Morgan fingerprint density at radius 1 is 1.67 bits per heavy atom. The van der Waals surface area contributed by atoms with E-state index in [4.69, 9.17) is 0 Å². The molecule has 0 amide bonds. The van der Waals surface area contributed by atoms with E-state index < -0.39 is 6.67 Å². The molecule has 1 rings (SSSR count). The van der Waals surface area contributed by atoms with Crippen molar-refractivity contribution >= 4 is 11.3 Å². The molecule has 0 bridgehead atoms. The van der Waals surface area contributed by atoms with Crippen molar-refractivity contribution in [3.8, 4) is 11.8 Å². The van der Waals surface area contributed by atoms with Gasteiger partial charge in [0.2, 0.25) is 0 Å². The molecule has 3 heteroatoms. The maximum atomic E-state index is 11.6. The molecule has 0 fully saturated rings. The normalized spacial score (nSPS) is 9.67. The maximum absolute atomic E-state index is 11.6. The lowest BCUT2D eigenvalue weighted by Crippen LogP contribution is -1.85. The molecule has 0 unspecified atom stereocenters. The molecule has 0 aliphatic rings. The lowest BCUT2D eigenvalue weighted by molar-refractivity contribution is 0.573. The van der Waals surface area contributed by atoms with Gasteiger partial charge in [0, 0.05) is 11.3 Å². The highest BCUT2D eigenvalue weighted by atomic mass is 32.1. The van der Waals surface area contributed by atoms with Crippen LogP contribution < -0.4 is 0 Å². The molecular weight excluding hydrogens is 173 g/mol. The summed E-state index contributed by atoms with van der Waals surface area (Å²) in [5.74, 6) is 5.41. The number of aromatic nitrogens is 1. The van der Waals surface area contributed by atoms with Crippen LogP contribution in [0.3, 0.4) is 0 Å². The minimum absolute atomic E-state index is 0.427. The van der Waals surface area contributed by atoms with E-state index in [2.05, 4.69) is 30.7 Å². The predicted octanol–water partition coefficient (Wildman–Crippen LogP) is 2.59. The van der Waals surface area contributed by atoms with E-state index in [-0.39, 0.29) is 0 Å². The van der Waals surface area contributed by atoms with Gasteiger partial charge in [-0.2, -0.15) is 0 Å². The van der Waals surface area contributed by atoms with Gasteiger partial charge >= 0.3 is 0 Å². The van der Waals surface area contributed by atoms with Crippen molar-refractivity contribution < 1.29 is 4.39 Å². The van der Waals surface area contributed by atoms with Gasteiger partial charge in [0.05, 0.1) is 5.01 Å². The zero-order valence-corrected chi connectivity index (χ0v) is 7.91. The van der Waals surface area contributed by atoms with E-state index in [9.17, 15) is 4.39 Å². The number of alkyl halides is 1. The minimum atomic E-state index is -0.603. The van der Waals surface area contributed by atoms with Crippen LogP contribution in [0.15, 0.2) is 5.38 Å². The van der Waals surface area contributed by atoms with E-state index in [0.717, 1.165) is 5.01 Å². The van der Waals surface area contributed by atoms with Crippen LogP contribution in [-0.4, -0.2) is 11.7 Å². The quantitative estimate of drug-likeness (QED) is 0.610. The summed E-state index contributed by atoms with van der Waals surface area (Å²) in [5.41, 5.74) is 0.682. The SMILES string of the molecule is CC(C)c1nc(C#CCF)cs1. The van der Waals surface area contributed by atoms with Gasteiger partial charge in [-0.15, -0.1) is 11.3 Å². The van der Waals surface area contributed by atoms with Crippen LogP contribution in [0, 0.1) is 11.8 Å². The van der Waals surface area contributed by atoms with Crippen LogP contribution in [0.2, 0.25) is 0 Å². The summed E-state index contributed by atoms with van der Waals surface area (Å²) in [4.78, 5) is 4.23. The van der Waals surface area contributed by atoms with Gasteiger partial charge in [-0.05, 0) is 5.92 Å². The van der Waals surface area contributed by atoms with Gasteiger partial charge in [0.1, 0.15) is 5.69 Å². The molecule has 0 aliphatic heterocycles. The Labute approximate surface area is 75.6 Å². The highest BCUT2D eigenvalue weighted by molar-refractivity contribution is 7.09. The largest absolute Gasteiger partial charge is 0.237 e. The number of thiazole rings is 1. The van der Waals surface area contributed by atoms with E-state index in [1.165, 1.54) is 0 Å². The fourth-order valence-electron chi connectivity index (χ4n) is 0.734. The Morgan fingerprint density at radius 3 is 2.92 bits per heavy atom. The van der Waals surface area contributed by atoms with Crippen molar-refractivity contribution in [1.82, 2.24) is 4.98 Å². The van der Waals surface area contributed by atoms with Crippen LogP contribution in [0.5, 0.6) is 0 Å². The van der Waals surface area contributed by atoms with Gasteiger partial charge in [-0.3, -0.25) is 0 Å². The van der Waals surface area contributed by atoms with Gasteiger partial charge in [-0.25, -0.2) is 9.37 Å². The van der Waals surface area contributed by atoms with Crippen LogP contribution in [0.25, 0.3) is 0 Å². The topological polar surface area (TPSA) is 12.9 Å². The highest BCUT2D eigenvalue weighted by Gasteiger charge is 2.02. The average Bonchev–Trinajstić information content (AvgIpc) is 2.48. The van der Waals surface area contributed by atoms with Crippen LogP contribution in [0.4, 0.5) is 4.39 Å². The monoisotopic (exact) mass is 183 g/mol. The third-order valence-corrected chi connectivity index (χ3v) is 2.44. The summed E-state index contributed by atoms with van der Waals surface area (Å²) in [7, 11) is 0. The molecule has 1 nitrogen and oxygen atoms in total. The molecule has 0 saturated heterocycles. The Hall–Kier alpha value is -0.880. The number of hydrogen-bond acceptors (Lipinski definition) is 2. The molecule has 12 heavy (non-hydrogen) atoms. The first-order chi connectivity index (χ1) is 5.74. The Morgan fingerprint density at radius 2 is 2.42 bits per heavy atom. The molecule has 0 atom stereocenters. The average molecular weight is 183 g/mol. The second kappa shape index (κ2) is 4.22. The summed E-state index contributed by atoms with van der Waals surface area (Å²) >= 11 is 1.57. The zero-order chi connectivity index (χ0) is 8.97. The first-order valence-corrected chi connectivity index (χ1v) is 4.62. The van der Waals surface area contributed by atoms with Crippen molar-refractivity contribution in [3.63, 3.8) is 0 Å². The standard InChI is InChI=1S/C9H10FNS/c1-7(2)9-11-8(6-12-9)4-3-5-10/h6-7H,5H2,1-2H3. The molecule has 1 aromatic rings. The van der Waals surface area contributed by atoms with Crippen molar-refractivity contribution in [3.05, 3.63) is 16.1 Å². The summed E-state index contributed by atoms with van der Waals surface area (Å²) in [5, 5.41) is 2.91. The van der Waals surface area contributed by atoms with E-state index in [0.29, 0.717) is 11.6 Å². The highest BCUT2D eigenvalue weighted by Crippen LogP contribution is 2.18. The molecule has 1 aromatic heterocycles. The van der Waals surface area contributed by atoms with Crippen LogP contribution in [-0.2, 0) is 0 Å². The zero-order valence-electron chi connectivity index (χ0n) is 7.10. The van der Waals surface area contributed by atoms with Crippen LogP contribution >= 0.6 is 11.3 Å². The Bertz CT molecular complexity index is 306. The lowest BCUT2D eigenvalue weighted by atomic mass is 10.2. The second-order valence-electron chi connectivity index (χ2n) is 2.66. The summed E-state index contributed by atoms with van der Waals surface area (Å²) in [6.45, 7) is 3.55. The molecular formula is C9H10FNS. The van der Waals surface area contributed by atoms with E-state index in [1.807, 2.05) is 5.38 Å². The smallest absolute Gasteiger partial charge is 0.150 e. The van der Waals surface area contributed by atoms with Crippen molar-refractivity contribution in [2.75, 3.05) is 6.67 Å². The first-order valence-electron chi connectivity index (χ1n) is 3.74. The Kier molecular flexibility index (Phi) is 3.24. The maximum Gasteiger partial charge on any atom is 0.150 e. The lowest BCUT2D eigenvalue weighted by Gasteiger charge is -1.94. The minimum Gasteiger partial charge on any atom is -0.237 e. The van der Waals surface area contributed by atoms with Gasteiger partial charge in [0.25, 0.3) is 0 Å². The van der Waals surface area contributed by atoms with Crippen molar-refractivity contribution in [2.24, 2.45) is 0 Å². The molecule has 0 saturated carbocycles. The summed E-state index contributed by atoms with van der Waals surface area (Å²) < 4.78 is 11.6. The number of halogens is 1. The van der Waals surface area contributed by atoms with Crippen molar-refractivity contribution in [1.29, 1.82) is 0 Å². The van der Waals surface area contributed by atoms with Gasteiger partial charge in [0.15, 0.2) is 6.67 Å². The second-order valence-corrected chi connectivity index (χ2v) is 3.55. The number of rotatable bonds is 1. The van der Waals surface area contributed by atoms with Gasteiger partial charge < -0.3 is 0 Å². The third-order valence-electron chi connectivity index (χ3n) is 1.30. The van der Waals surface area contributed by atoms with Crippen molar-refractivity contribution in [2.45, 2.75) is 19.8 Å². The molecule has 0 aliphatic carbocycles. The third kappa shape index (κ3) is 2.31. The summed E-state index contributed by atoms with van der Waals surface area (Å²) in [6.07, 6.45) is 0. The van der Waals surface area contributed by atoms with Crippen LogP contribution in [0.1, 0.15) is 30.5 Å². The number of nitrogens with zero attached hydrogens (tertiary/aromatic N) is 1. The fraction of sp³-hybridized carbons (Fsp3) is 0.444. The molecule has 1 heterocycles. The molecule has 64 valence electrons. The fourth-order valence-corrected chi connectivity index (χ4v) is 1.50. The van der Waals surface area contributed by atoms with Gasteiger partial charge in [-0.1, -0.05) is 19.8 Å². The predicted molar refractivity (Wildman–Crippen MR) is 49.1 cm³/mol. The first kappa shape index (κ1) is 9.21. The molecule has 0 spiro atoms.